The van der Waals surface area contributed by atoms with Crippen LogP contribution in [0.1, 0.15) is 12.8 Å². The Bertz CT molecular complexity index is 468. The third kappa shape index (κ3) is 1.62. The maximum Gasteiger partial charge on any atom is 0.236 e. The lowest BCUT2D eigenvalue weighted by atomic mass is 9.86. The lowest BCUT2D eigenvalue weighted by Gasteiger charge is -2.17. The quantitative estimate of drug-likeness (QED) is 0.558. The fourth-order valence-corrected chi connectivity index (χ4v) is 3.09. The summed E-state index contributed by atoms with van der Waals surface area (Å²) in [4.78, 5) is 14.9. The van der Waals surface area contributed by atoms with Crippen LogP contribution in [0.5, 0.6) is 0 Å². The predicted molar refractivity (Wildman–Crippen MR) is 71.9 cm³/mol. The van der Waals surface area contributed by atoms with Crippen LogP contribution in [0.3, 0.4) is 0 Å². The van der Waals surface area contributed by atoms with E-state index < -0.39 is 0 Å². The number of nitrogens with zero attached hydrogens (tertiary/aromatic N) is 1. The van der Waals surface area contributed by atoms with Gasteiger partial charge in [-0.2, -0.15) is 0 Å². The number of allylic oxidation sites excluding steroid dienone is 2. The highest BCUT2D eigenvalue weighted by atomic mass is 32.1. The van der Waals surface area contributed by atoms with Crippen molar-refractivity contribution in [2.45, 2.75) is 12.8 Å². The fraction of sp³-hybridized carbons (Fsp3) is 0.286. The minimum Gasteiger partial charge on any atom is -0.274 e. The highest BCUT2D eigenvalue weighted by Crippen LogP contribution is 2.38. The van der Waals surface area contributed by atoms with Gasteiger partial charge in [-0.25, -0.2) is 0 Å². The Morgan fingerprint density at radius 3 is 2.35 bits per heavy atom. The molecule has 0 radical (unpaired) electrons. The predicted octanol–water partition coefficient (Wildman–Crippen LogP) is 2.94. The van der Waals surface area contributed by atoms with Crippen LogP contribution >= 0.6 is 12.2 Å². The molecule has 3 rings (SSSR count). The Morgan fingerprint density at radius 1 is 1.06 bits per heavy atom. The van der Waals surface area contributed by atoms with Crippen LogP contribution in [-0.4, -0.2) is 10.9 Å². The number of amides is 1. The summed E-state index contributed by atoms with van der Waals surface area (Å²) in [5.74, 6) is 0.450. The molecule has 1 aliphatic carbocycles. The van der Waals surface area contributed by atoms with Gasteiger partial charge < -0.3 is 0 Å². The maximum absolute atomic E-state index is 12.4. The second-order valence-electron chi connectivity index (χ2n) is 4.50. The molecular weight excluding hydrogens is 230 g/mol. The molecular formula is C14H13NOS. The highest BCUT2D eigenvalue weighted by molar-refractivity contribution is 7.80. The first kappa shape index (κ1) is 10.7. The average Bonchev–Trinajstić information content (AvgIpc) is 2.64. The third-order valence-electron chi connectivity index (χ3n) is 3.52. The van der Waals surface area contributed by atoms with E-state index in [1.54, 1.807) is 4.90 Å². The molecule has 1 heterocycles. The molecule has 1 amide bonds. The zero-order valence-electron chi connectivity index (χ0n) is 9.37. The minimum atomic E-state index is 0.0627. The van der Waals surface area contributed by atoms with Crippen molar-refractivity contribution in [2.75, 3.05) is 4.90 Å². The van der Waals surface area contributed by atoms with E-state index in [0.29, 0.717) is 0 Å². The molecule has 0 bridgehead atoms. The molecule has 1 aromatic rings. The average molecular weight is 243 g/mol. The van der Waals surface area contributed by atoms with Crippen molar-refractivity contribution in [2.24, 2.45) is 11.8 Å². The molecule has 1 aliphatic heterocycles. The smallest absolute Gasteiger partial charge is 0.236 e. The maximum atomic E-state index is 12.4. The Kier molecular flexibility index (Phi) is 2.56. The molecule has 1 saturated heterocycles. The van der Waals surface area contributed by atoms with Crippen LogP contribution in [0, 0.1) is 11.8 Å². The zero-order chi connectivity index (χ0) is 11.8. The number of thiocarbonyl (C=S) groups is 1. The zero-order valence-corrected chi connectivity index (χ0v) is 10.2. The lowest BCUT2D eigenvalue weighted by molar-refractivity contribution is -0.120. The molecule has 17 heavy (non-hydrogen) atoms. The normalized spacial score (nSPS) is 27.4. The molecule has 0 N–H and O–H groups in total. The molecule has 1 aromatic carbocycles. The van der Waals surface area contributed by atoms with Gasteiger partial charge in [-0.05, 0) is 25.0 Å². The van der Waals surface area contributed by atoms with E-state index in [-0.39, 0.29) is 17.7 Å². The van der Waals surface area contributed by atoms with Gasteiger partial charge in [0.25, 0.3) is 0 Å². The van der Waals surface area contributed by atoms with Gasteiger partial charge in [-0.1, -0.05) is 42.6 Å². The summed E-state index contributed by atoms with van der Waals surface area (Å²) in [6.45, 7) is 0. The second kappa shape index (κ2) is 4.08. The molecule has 0 spiro atoms. The van der Waals surface area contributed by atoms with Crippen molar-refractivity contribution in [1.82, 2.24) is 0 Å². The highest BCUT2D eigenvalue weighted by Gasteiger charge is 2.44. The number of hydrogen-bond donors (Lipinski definition) is 0. The summed E-state index contributed by atoms with van der Waals surface area (Å²) >= 11 is 5.47. The minimum absolute atomic E-state index is 0.0627. The van der Waals surface area contributed by atoms with Gasteiger partial charge in [0.15, 0.2) is 0 Å². The first-order valence-electron chi connectivity index (χ1n) is 5.87. The van der Waals surface area contributed by atoms with Crippen LogP contribution in [-0.2, 0) is 4.79 Å². The van der Waals surface area contributed by atoms with Crippen molar-refractivity contribution in [1.29, 1.82) is 0 Å². The van der Waals surface area contributed by atoms with Crippen LogP contribution in [0.4, 0.5) is 5.69 Å². The van der Waals surface area contributed by atoms with Gasteiger partial charge in [-0.3, -0.25) is 9.69 Å². The Morgan fingerprint density at radius 2 is 1.71 bits per heavy atom. The fourth-order valence-electron chi connectivity index (χ4n) is 2.63. The number of carbonyl (C=O) groups is 1. The van der Waals surface area contributed by atoms with Crippen LogP contribution in [0.15, 0.2) is 42.5 Å². The topological polar surface area (TPSA) is 20.3 Å². The van der Waals surface area contributed by atoms with E-state index >= 15 is 0 Å². The van der Waals surface area contributed by atoms with E-state index in [9.17, 15) is 4.79 Å². The molecule has 3 heteroatoms. The molecule has 2 atom stereocenters. The number of carbonyl (C=O) groups excluding carboxylic acids is 1. The van der Waals surface area contributed by atoms with Gasteiger partial charge in [0.1, 0.15) is 0 Å². The van der Waals surface area contributed by atoms with Gasteiger partial charge in [0.2, 0.25) is 5.91 Å². The Hall–Kier alpha value is -1.48. The van der Waals surface area contributed by atoms with Gasteiger partial charge >= 0.3 is 0 Å². The van der Waals surface area contributed by atoms with Crippen molar-refractivity contribution in [3.8, 4) is 0 Å². The molecule has 2 aliphatic rings. The Labute approximate surface area is 106 Å². The molecule has 0 aromatic heterocycles. The number of anilines is 1. The van der Waals surface area contributed by atoms with E-state index in [4.69, 9.17) is 12.2 Å². The first-order valence-corrected chi connectivity index (χ1v) is 6.28. The van der Waals surface area contributed by atoms with Crippen LogP contribution in [0.2, 0.25) is 0 Å². The van der Waals surface area contributed by atoms with Crippen molar-refractivity contribution >= 4 is 28.8 Å². The summed E-state index contributed by atoms with van der Waals surface area (Å²) in [6.07, 6.45) is 5.96. The van der Waals surface area contributed by atoms with E-state index in [2.05, 4.69) is 12.2 Å². The summed E-state index contributed by atoms with van der Waals surface area (Å²) < 4.78 is 0. The molecule has 0 saturated carbocycles. The SMILES string of the molecule is O=C1[C@@H]2CC=CC[C@@H]2C(=S)N1c1ccccc1. The third-order valence-corrected chi connectivity index (χ3v) is 4.01. The van der Waals surface area contributed by atoms with E-state index in [0.717, 1.165) is 23.5 Å². The van der Waals surface area contributed by atoms with Crippen molar-refractivity contribution in [3.63, 3.8) is 0 Å². The van der Waals surface area contributed by atoms with Crippen molar-refractivity contribution in [3.05, 3.63) is 42.5 Å². The lowest BCUT2D eigenvalue weighted by Crippen LogP contribution is -2.29. The molecule has 86 valence electrons. The van der Waals surface area contributed by atoms with Crippen LogP contribution < -0.4 is 4.90 Å². The number of benzene rings is 1. The Balaban J connectivity index is 1.98. The first-order chi connectivity index (χ1) is 8.29. The van der Waals surface area contributed by atoms with Gasteiger partial charge in [0.05, 0.1) is 10.9 Å². The summed E-state index contributed by atoms with van der Waals surface area (Å²) in [5, 5.41) is 0. The van der Waals surface area contributed by atoms with Crippen molar-refractivity contribution < 1.29 is 4.79 Å². The van der Waals surface area contributed by atoms with Gasteiger partial charge in [-0.15, -0.1) is 0 Å². The number of fused-ring (bicyclic) bond motifs is 1. The summed E-state index contributed by atoms with van der Waals surface area (Å²) in [7, 11) is 0. The van der Waals surface area contributed by atoms with Gasteiger partial charge in [0, 0.05) is 11.6 Å². The van der Waals surface area contributed by atoms with E-state index in [1.165, 1.54) is 0 Å². The number of hydrogen-bond acceptors (Lipinski definition) is 2. The monoisotopic (exact) mass is 243 g/mol. The number of rotatable bonds is 1. The molecule has 0 unspecified atom stereocenters. The largest absolute Gasteiger partial charge is 0.274 e. The number of para-hydroxylation sites is 1. The standard InChI is InChI=1S/C14H13NOS/c16-13-11-8-4-5-9-12(11)14(17)15(13)10-6-2-1-3-7-10/h1-7,11-12H,8-9H2/t11-,12+/m1/s1. The summed E-state index contributed by atoms with van der Waals surface area (Å²) in [5.41, 5.74) is 0.900. The molecule has 1 fully saturated rings. The summed E-state index contributed by atoms with van der Waals surface area (Å²) in [6, 6.07) is 9.70. The van der Waals surface area contributed by atoms with Crippen LogP contribution in [0.25, 0.3) is 0 Å². The van der Waals surface area contributed by atoms with E-state index in [1.807, 2.05) is 30.3 Å². The molecule has 2 nitrogen and oxygen atoms in total. The second-order valence-corrected chi connectivity index (χ2v) is 4.92.